The van der Waals surface area contributed by atoms with Gasteiger partial charge in [0.15, 0.2) is 0 Å². The van der Waals surface area contributed by atoms with Crippen molar-refractivity contribution in [3.8, 4) is 0 Å². The number of nitrogens with zero attached hydrogens (tertiary/aromatic N) is 1. The first-order valence-electron chi connectivity index (χ1n) is 6.42. The van der Waals surface area contributed by atoms with Gasteiger partial charge < -0.3 is 10.1 Å². The van der Waals surface area contributed by atoms with E-state index in [1.165, 1.54) is 34.8 Å². The average molecular weight is 254 g/mol. The zero-order valence-electron chi connectivity index (χ0n) is 11.0. The number of aromatic nitrogens is 1. The van der Waals surface area contributed by atoms with Crippen LogP contribution in [-0.4, -0.2) is 25.2 Å². The van der Waals surface area contributed by atoms with Crippen LogP contribution in [0.25, 0.3) is 0 Å². The maximum Gasteiger partial charge on any atom is 0.113 e. The molecule has 3 nitrogen and oxygen atoms in total. The molecule has 0 aromatic carbocycles. The summed E-state index contributed by atoms with van der Waals surface area (Å²) in [6, 6.07) is 0. The van der Waals surface area contributed by atoms with Crippen molar-refractivity contribution in [2.24, 2.45) is 0 Å². The van der Waals surface area contributed by atoms with Crippen LogP contribution in [0, 0.1) is 6.92 Å². The van der Waals surface area contributed by atoms with Gasteiger partial charge in [0.2, 0.25) is 0 Å². The molecule has 1 aromatic heterocycles. The SMILES string of the molecule is CCc1nc(C2(NCCOC)CCC2)sc1C. The Bertz CT molecular complexity index is 371. The minimum absolute atomic E-state index is 0.154. The molecule has 0 saturated heterocycles. The van der Waals surface area contributed by atoms with E-state index in [0.717, 1.165) is 19.6 Å². The molecule has 0 aliphatic heterocycles. The van der Waals surface area contributed by atoms with Crippen LogP contribution in [0.4, 0.5) is 0 Å². The van der Waals surface area contributed by atoms with Gasteiger partial charge in [0.05, 0.1) is 17.8 Å². The zero-order chi connectivity index (χ0) is 12.3. The first kappa shape index (κ1) is 13.0. The van der Waals surface area contributed by atoms with Crippen LogP contribution in [0.2, 0.25) is 0 Å². The van der Waals surface area contributed by atoms with Gasteiger partial charge in [-0.05, 0) is 32.6 Å². The van der Waals surface area contributed by atoms with E-state index in [1.807, 2.05) is 11.3 Å². The first-order valence-corrected chi connectivity index (χ1v) is 7.24. The van der Waals surface area contributed by atoms with Crippen LogP contribution in [0.15, 0.2) is 0 Å². The molecule has 0 radical (unpaired) electrons. The second kappa shape index (κ2) is 5.46. The Labute approximate surface area is 108 Å². The largest absolute Gasteiger partial charge is 0.383 e. The van der Waals surface area contributed by atoms with Crippen molar-refractivity contribution < 1.29 is 4.74 Å². The quantitative estimate of drug-likeness (QED) is 0.792. The third kappa shape index (κ3) is 2.54. The van der Waals surface area contributed by atoms with Gasteiger partial charge in [-0.25, -0.2) is 4.98 Å². The number of aryl methyl sites for hydroxylation is 2. The predicted molar refractivity (Wildman–Crippen MR) is 71.6 cm³/mol. The molecule has 0 bridgehead atoms. The summed E-state index contributed by atoms with van der Waals surface area (Å²) in [6.07, 6.45) is 4.77. The number of nitrogens with one attached hydrogen (secondary N) is 1. The Kier molecular flexibility index (Phi) is 4.17. The summed E-state index contributed by atoms with van der Waals surface area (Å²) in [5.41, 5.74) is 1.42. The van der Waals surface area contributed by atoms with Crippen LogP contribution in [0.1, 0.15) is 41.8 Å². The van der Waals surface area contributed by atoms with Crippen molar-refractivity contribution in [1.29, 1.82) is 0 Å². The van der Waals surface area contributed by atoms with Gasteiger partial charge in [0.25, 0.3) is 0 Å². The normalized spacial score (nSPS) is 18.1. The maximum atomic E-state index is 5.11. The molecule has 1 heterocycles. The van der Waals surface area contributed by atoms with E-state index in [-0.39, 0.29) is 5.54 Å². The summed E-state index contributed by atoms with van der Waals surface area (Å²) in [4.78, 5) is 6.19. The molecular formula is C13H22N2OS. The lowest BCUT2D eigenvalue weighted by Gasteiger charge is -2.41. The Morgan fingerprint density at radius 2 is 2.24 bits per heavy atom. The highest BCUT2D eigenvalue weighted by Gasteiger charge is 2.40. The number of rotatable bonds is 6. The van der Waals surface area contributed by atoms with E-state index in [1.54, 1.807) is 7.11 Å². The summed E-state index contributed by atoms with van der Waals surface area (Å²) in [5, 5.41) is 4.92. The van der Waals surface area contributed by atoms with E-state index >= 15 is 0 Å². The van der Waals surface area contributed by atoms with Gasteiger partial charge in [-0.2, -0.15) is 0 Å². The van der Waals surface area contributed by atoms with Crippen molar-refractivity contribution in [1.82, 2.24) is 10.3 Å². The molecule has 0 unspecified atom stereocenters. The van der Waals surface area contributed by atoms with E-state index in [2.05, 4.69) is 19.2 Å². The number of ether oxygens (including phenoxy) is 1. The van der Waals surface area contributed by atoms with Gasteiger partial charge in [-0.1, -0.05) is 6.92 Å². The fourth-order valence-corrected chi connectivity index (χ4v) is 3.58. The fraction of sp³-hybridized carbons (Fsp3) is 0.769. The molecule has 0 atom stereocenters. The van der Waals surface area contributed by atoms with Crippen molar-refractivity contribution in [2.45, 2.75) is 45.1 Å². The molecule has 0 spiro atoms. The van der Waals surface area contributed by atoms with Crippen LogP contribution < -0.4 is 5.32 Å². The van der Waals surface area contributed by atoms with Crippen molar-refractivity contribution >= 4 is 11.3 Å². The number of hydrogen-bond acceptors (Lipinski definition) is 4. The van der Waals surface area contributed by atoms with Crippen LogP contribution in [0.5, 0.6) is 0 Å². The second-order valence-electron chi connectivity index (χ2n) is 4.73. The molecule has 1 saturated carbocycles. The predicted octanol–water partition coefficient (Wildman–Crippen LogP) is 2.63. The Balaban J connectivity index is 2.10. The van der Waals surface area contributed by atoms with Crippen molar-refractivity contribution in [2.75, 3.05) is 20.3 Å². The van der Waals surface area contributed by atoms with E-state index < -0.39 is 0 Å². The van der Waals surface area contributed by atoms with E-state index in [4.69, 9.17) is 9.72 Å². The molecule has 1 aliphatic carbocycles. The third-order valence-corrected chi connectivity index (χ3v) is 4.83. The lowest BCUT2D eigenvalue weighted by Crippen LogP contribution is -2.49. The molecule has 1 fully saturated rings. The average Bonchev–Trinajstić information content (AvgIpc) is 2.64. The fourth-order valence-electron chi connectivity index (χ4n) is 2.35. The van der Waals surface area contributed by atoms with Gasteiger partial charge in [-0.15, -0.1) is 11.3 Å². The molecule has 1 N–H and O–H groups in total. The zero-order valence-corrected chi connectivity index (χ0v) is 11.8. The molecule has 2 rings (SSSR count). The van der Waals surface area contributed by atoms with E-state index in [0.29, 0.717) is 0 Å². The summed E-state index contributed by atoms with van der Waals surface area (Å²) in [7, 11) is 1.75. The monoisotopic (exact) mass is 254 g/mol. The highest BCUT2D eigenvalue weighted by molar-refractivity contribution is 7.11. The first-order chi connectivity index (χ1) is 8.22. The lowest BCUT2D eigenvalue weighted by molar-refractivity contribution is 0.145. The second-order valence-corrected chi connectivity index (χ2v) is 5.93. The molecule has 17 heavy (non-hydrogen) atoms. The standard InChI is InChI=1S/C13H22N2OS/c1-4-11-10(2)17-12(15-11)13(6-5-7-13)14-8-9-16-3/h14H,4-9H2,1-3H3. The number of methoxy groups -OCH3 is 1. The molecule has 1 aromatic rings. The Morgan fingerprint density at radius 1 is 1.47 bits per heavy atom. The Hall–Kier alpha value is -0.450. The van der Waals surface area contributed by atoms with Gasteiger partial charge >= 0.3 is 0 Å². The Morgan fingerprint density at radius 3 is 2.71 bits per heavy atom. The minimum Gasteiger partial charge on any atom is -0.383 e. The van der Waals surface area contributed by atoms with Crippen molar-refractivity contribution in [3.05, 3.63) is 15.6 Å². The van der Waals surface area contributed by atoms with Crippen LogP contribution in [-0.2, 0) is 16.7 Å². The topological polar surface area (TPSA) is 34.2 Å². The minimum atomic E-state index is 0.154. The van der Waals surface area contributed by atoms with Gasteiger partial charge in [-0.3, -0.25) is 0 Å². The highest BCUT2D eigenvalue weighted by atomic mass is 32.1. The molecule has 0 amide bonds. The molecule has 96 valence electrons. The number of hydrogen-bond donors (Lipinski definition) is 1. The van der Waals surface area contributed by atoms with Crippen LogP contribution >= 0.6 is 11.3 Å². The third-order valence-electron chi connectivity index (χ3n) is 3.61. The molecular weight excluding hydrogens is 232 g/mol. The maximum absolute atomic E-state index is 5.11. The number of thiazole rings is 1. The molecule has 4 heteroatoms. The summed E-state index contributed by atoms with van der Waals surface area (Å²) in [5.74, 6) is 0. The highest BCUT2D eigenvalue weighted by Crippen LogP contribution is 2.43. The smallest absolute Gasteiger partial charge is 0.113 e. The van der Waals surface area contributed by atoms with Gasteiger partial charge in [0.1, 0.15) is 5.01 Å². The summed E-state index contributed by atoms with van der Waals surface area (Å²) < 4.78 is 5.11. The van der Waals surface area contributed by atoms with E-state index in [9.17, 15) is 0 Å². The van der Waals surface area contributed by atoms with Gasteiger partial charge in [0, 0.05) is 18.5 Å². The van der Waals surface area contributed by atoms with Crippen molar-refractivity contribution in [3.63, 3.8) is 0 Å². The molecule has 1 aliphatic rings. The summed E-state index contributed by atoms with van der Waals surface area (Å²) in [6.45, 7) is 6.04. The lowest BCUT2D eigenvalue weighted by atomic mass is 9.77. The van der Waals surface area contributed by atoms with Crippen LogP contribution in [0.3, 0.4) is 0 Å². The summed E-state index contributed by atoms with van der Waals surface area (Å²) >= 11 is 1.87.